The lowest BCUT2D eigenvalue weighted by Crippen LogP contribution is -2.44. The number of methoxy groups -OCH3 is 1. The highest BCUT2D eigenvalue weighted by Crippen LogP contribution is 2.46. The molecule has 1 aliphatic rings. The highest BCUT2D eigenvalue weighted by Gasteiger charge is 2.28. The summed E-state index contributed by atoms with van der Waals surface area (Å²) in [7, 11) is -2.55. The highest BCUT2D eigenvalue weighted by atomic mass is 79.9. The summed E-state index contributed by atoms with van der Waals surface area (Å²) in [6, 6.07) is 5.92. The Bertz CT molecular complexity index is 980. The minimum Gasteiger partial charge on any atom is -0.495 e. The van der Waals surface area contributed by atoms with Gasteiger partial charge in [-0.3, -0.25) is 0 Å². The van der Waals surface area contributed by atoms with Gasteiger partial charge in [0.15, 0.2) is 0 Å². The molecule has 2 aromatic rings. The molecule has 0 aromatic heterocycles. The summed E-state index contributed by atoms with van der Waals surface area (Å²) in [4.78, 5) is 1.93. The van der Waals surface area contributed by atoms with Crippen LogP contribution in [0.2, 0.25) is 0 Å². The van der Waals surface area contributed by atoms with Crippen LogP contribution < -0.4 is 20.1 Å². The summed E-state index contributed by atoms with van der Waals surface area (Å²) in [5.74, 6) is -0.0274. The molecule has 1 aliphatic heterocycles. The molecule has 1 saturated heterocycles. The summed E-state index contributed by atoms with van der Waals surface area (Å²) in [6.45, 7) is 2.75. The number of benzene rings is 2. The molecule has 0 unspecified atom stereocenters. The van der Waals surface area contributed by atoms with Gasteiger partial charge in [-0.05, 0) is 40.2 Å². The molecule has 10 heteroatoms. The van der Waals surface area contributed by atoms with Crippen molar-refractivity contribution in [1.29, 1.82) is 0 Å². The van der Waals surface area contributed by atoms with Crippen molar-refractivity contribution >= 4 is 47.6 Å². The standard InChI is InChI=1S/C17H18Br2FN3O3S/c1-26-13-2-3-14(27(21,24)25)15(17(13)23-6-4-22-5-7-23)11-8-10(18)9-12(20)16(11)19/h2-3,8-9,22H,4-7H2,1H3,(H2,21,24,25). The van der Waals surface area contributed by atoms with E-state index in [1.807, 2.05) is 4.90 Å². The number of hydrogen-bond donors (Lipinski definition) is 2. The van der Waals surface area contributed by atoms with Gasteiger partial charge >= 0.3 is 0 Å². The van der Waals surface area contributed by atoms with Crippen LogP contribution in [-0.2, 0) is 10.0 Å². The zero-order valence-electron chi connectivity index (χ0n) is 14.4. The quantitative estimate of drug-likeness (QED) is 0.603. The predicted octanol–water partition coefficient (Wildman–Crippen LogP) is 3.08. The van der Waals surface area contributed by atoms with E-state index in [9.17, 15) is 12.8 Å². The first-order chi connectivity index (χ1) is 12.7. The van der Waals surface area contributed by atoms with E-state index in [-0.39, 0.29) is 9.37 Å². The van der Waals surface area contributed by atoms with E-state index in [0.717, 1.165) is 13.1 Å². The summed E-state index contributed by atoms with van der Waals surface area (Å²) < 4.78 is 45.2. The summed E-state index contributed by atoms with van der Waals surface area (Å²) >= 11 is 6.53. The van der Waals surface area contributed by atoms with Crippen molar-refractivity contribution in [2.75, 3.05) is 38.2 Å². The number of piperazine rings is 1. The first kappa shape index (κ1) is 20.5. The maximum absolute atomic E-state index is 14.4. The third kappa shape index (κ3) is 4.14. The minimum atomic E-state index is -4.07. The molecule has 3 N–H and O–H groups in total. The second-order valence-corrected chi connectivity index (χ2v) is 9.26. The minimum absolute atomic E-state index is 0.0879. The van der Waals surface area contributed by atoms with Gasteiger partial charge in [-0.1, -0.05) is 15.9 Å². The molecule has 0 radical (unpaired) electrons. The highest BCUT2D eigenvalue weighted by molar-refractivity contribution is 9.11. The van der Waals surface area contributed by atoms with Crippen LogP contribution in [0.4, 0.5) is 10.1 Å². The third-order valence-electron chi connectivity index (χ3n) is 4.32. The van der Waals surface area contributed by atoms with Crippen LogP contribution in [0.1, 0.15) is 0 Å². The second kappa shape index (κ2) is 8.04. The number of primary sulfonamides is 1. The summed E-state index contributed by atoms with van der Waals surface area (Å²) in [5, 5.41) is 8.74. The van der Waals surface area contributed by atoms with Crippen LogP contribution in [-0.4, -0.2) is 41.7 Å². The monoisotopic (exact) mass is 521 g/mol. The van der Waals surface area contributed by atoms with E-state index >= 15 is 0 Å². The Labute approximate surface area is 174 Å². The topological polar surface area (TPSA) is 84.7 Å². The molecule has 3 rings (SSSR count). The van der Waals surface area contributed by atoms with Crippen LogP contribution in [0.15, 0.2) is 38.1 Å². The molecule has 146 valence electrons. The Balaban J connectivity index is 2.42. The maximum atomic E-state index is 14.4. The fraction of sp³-hybridized carbons (Fsp3) is 0.294. The number of nitrogens with one attached hydrogen (secondary N) is 1. The van der Waals surface area contributed by atoms with Gasteiger partial charge in [0.2, 0.25) is 10.0 Å². The Morgan fingerprint density at radius 1 is 1.22 bits per heavy atom. The van der Waals surface area contributed by atoms with Gasteiger partial charge in [0.05, 0.1) is 22.2 Å². The smallest absolute Gasteiger partial charge is 0.238 e. The molecular weight excluding hydrogens is 505 g/mol. The van der Waals surface area contributed by atoms with Gasteiger partial charge in [0, 0.05) is 41.8 Å². The Morgan fingerprint density at radius 3 is 2.48 bits per heavy atom. The van der Waals surface area contributed by atoms with Crippen LogP contribution >= 0.6 is 31.9 Å². The molecule has 0 bridgehead atoms. The lowest BCUT2D eigenvalue weighted by molar-refractivity contribution is 0.413. The summed E-state index contributed by atoms with van der Waals surface area (Å²) in [6.07, 6.45) is 0. The van der Waals surface area contributed by atoms with E-state index < -0.39 is 15.8 Å². The molecule has 0 saturated carbocycles. The Hall–Kier alpha value is -1.20. The molecule has 1 fully saturated rings. The van der Waals surface area contributed by atoms with Gasteiger partial charge in [0.25, 0.3) is 0 Å². The molecule has 0 amide bonds. The molecule has 6 nitrogen and oxygen atoms in total. The molecular formula is C17H18Br2FN3O3S. The third-order valence-corrected chi connectivity index (χ3v) is 6.54. The second-order valence-electron chi connectivity index (χ2n) is 6.02. The first-order valence-electron chi connectivity index (χ1n) is 8.08. The van der Waals surface area contributed by atoms with Crippen molar-refractivity contribution < 1.29 is 17.5 Å². The van der Waals surface area contributed by atoms with Crippen molar-refractivity contribution in [3.8, 4) is 16.9 Å². The van der Waals surface area contributed by atoms with E-state index in [0.29, 0.717) is 40.1 Å². The first-order valence-corrected chi connectivity index (χ1v) is 11.2. The molecule has 27 heavy (non-hydrogen) atoms. The number of ether oxygens (including phenoxy) is 1. The van der Waals surface area contributed by atoms with Gasteiger partial charge in [-0.2, -0.15) is 0 Å². The van der Waals surface area contributed by atoms with Crippen molar-refractivity contribution in [3.63, 3.8) is 0 Å². The predicted molar refractivity (Wildman–Crippen MR) is 110 cm³/mol. The number of anilines is 1. The average molecular weight is 523 g/mol. The van der Waals surface area contributed by atoms with Gasteiger partial charge in [-0.25, -0.2) is 17.9 Å². The Kier molecular flexibility index (Phi) is 6.11. The van der Waals surface area contributed by atoms with Crippen LogP contribution in [0.5, 0.6) is 5.75 Å². The van der Waals surface area contributed by atoms with Crippen molar-refractivity contribution in [2.24, 2.45) is 5.14 Å². The number of hydrogen-bond acceptors (Lipinski definition) is 5. The van der Waals surface area contributed by atoms with Crippen molar-refractivity contribution in [3.05, 3.63) is 39.0 Å². The largest absolute Gasteiger partial charge is 0.495 e. The van der Waals surface area contributed by atoms with Crippen molar-refractivity contribution in [2.45, 2.75) is 4.90 Å². The SMILES string of the molecule is COc1ccc(S(N)(=O)=O)c(-c2cc(Br)cc(F)c2Br)c1N1CCNCC1. The molecule has 1 heterocycles. The molecule has 0 atom stereocenters. The van der Waals surface area contributed by atoms with Crippen LogP contribution in [0, 0.1) is 5.82 Å². The fourth-order valence-corrected chi connectivity index (χ4v) is 4.76. The fourth-order valence-electron chi connectivity index (χ4n) is 3.16. The van der Waals surface area contributed by atoms with Gasteiger partial charge in [0.1, 0.15) is 11.6 Å². The number of rotatable bonds is 4. The molecule has 0 spiro atoms. The van der Waals surface area contributed by atoms with E-state index in [1.54, 1.807) is 12.1 Å². The number of halogens is 3. The van der Waals surface area contributed by atoms with E-state index in [1.165, 1.54) is 19.2 Å². The number of sulfonamides is 1. The molecule has 2 aromatic carbocycles. The van der Waals surface area contributed by atoms with E-state index in [2.05, 4.69) is 37.2 Å². The number of nitrogens with two attached hydrogens (primary N) is 1. The van der Waals surface area contributed by atoms with Crippen LogP contribution in [0.25, 0.3) is 11.1 Å². The molecule has 0 aliphatic carbocycles. The average Bonchev–Trinajstić information content (AvgIpc) is 2.63. The lowest BCUT2D eigenvalue weighted by Gasteiger charge is -2.33. The van der Waals surface area contributed by atoms with Gasteiger partial charge in [-0.15, -0.1) is 0 Å². The maximum Gasteiger partial charge on any atom is 0.238 e. The van der Waals surface area contributed by atoms with Crippen LogP contribution in [0.3, 0.4) is 0 Å². The van der Waals surface area contributed by atoms with Gasteiger partial charge < -0.3 is 15.0 Å². The zero-order valence-corrected chi connectivity index (χ0v) is 18.4. The summed E-state index contributed by atoms with van der Waals surface area (Å²) in [5.41, 5.74) is 1.26. The Morgan fingerprint density at radius 2 is 1.89 bits per heavy atom. The normalized spacial score (nSPS) is 15.1. The van der Waals surface area contributed by atoms with Crippen molar-refractivity contribution in [1.82, 2.24) is 5.32 Å². The van der Waals surface area contributed by atoms with E-state index in [4.69, 9.17) is 9.88 Å². The lowest BCUT2D eigenvalue weighted by atomic mass is 10.0. The zero-order chi connectivity index (χ0) is 19.8. The number of nitrogens with zero attached hydrogens (tertiary/aromatic N) is 1.